The van der Waals surface area contributed by atoms with Gasteiger partial charge < -0.3 is 14.9 Å². The number of aliphatic carboxylic acids is 1. The largest absolute Gasteiger partial charge is 0.481 e. The van der Waals surface area contributed by atoms with Crippen LogP contribution in [-0.4, -0.2) is 52.5 Å². The molecule has 0 aliphatic carbocycles. The van der Waals surface area contributed by atoms with Crippen molar-refractivity contribution in [3.05, 3.63) is 22.8 Å². The number of carbonyl (C=O) groups excluding carboxylic acids is 1. The van der Waals surface area contributed by atoms with Crippen LogP contribution in [0, 0.1) is 5.92 Å². The fourth-order valence-electron chi connectivity index (χ4n) is 3.45. The van der Waals surface area contributed by atoms with E-state index in [2.05, 4.69) is 4.98 Å². The summed E-state index contributed by atoms with van der Waals surface area (Å²) in [6.07, 6.45) is -2.25. The van der Waals surface area contributed by atoms with Crippen LogP contribution in [0.2, 0.25) is 5.02 Å². The van der Waals surface area contributed by atoms with Gasteiger partial charge in [0, 0.05) is 25.8 Å². The number of hydrogen-bond donors (Lipinski definition) is 1. The van der Waals surface area contributed by atoms with Crippen molar-refractivity contribution in [3.8, 4) is 0 Å². The third kappa shape index (κ3) is 3.58. The Morgan fingerprint density at radius 2 is 2.00 bits per heavy atom. The predicted molar refractivity (Wildman–Crippen MR) is 86.9 cm³/mol. The molecule has 0 aromatic carbocycles. The Balaban J connectivity index is 1.78. The molecule has 2 fully saturated rings. The Kier molecular flexibility index (Phi) is 5.01. The number of hydrogen-bond acceptors (Lipinski definition) is 4. The highest BCUT2D eigenvalue weighted by Gasteiger charge is 2.40. The Morgan fingerprint density at radius 1 is 1.27 bits per heavy atom. The number of anilines is 1. The molecule has 1 N–H and O–H groups in total. The molecule has 0 unspecified atom stereocenters. The summed E-state index contributed by atoms with van der Waals surface area (Å²) in [5.74, 6) is -1.61. The fourth-order valence-corrected chi connectivity index (χ4v) is 3.72. The lowest BCUT2D eigenvalue weighted by molar-refractivity contribution is -0.141. The van der Waals surface area contributed by atoms with Crippen LogP contribution in [0.25, 0.3) is 0 Å². The van der Waals surface area contributed by atoms with Gasteiger partial charge >= 0.3 is 12.1 Å². The Hall–Kier alpha value is -2.03. The highest BCUT2D eigenvalue weighted by molar-refractivity contribution is 6.33. The maximum absolute atomic E-state index is 12.8. The average Bonchev–Trinajstić information content (AvgIpc) is 3.23. The molecule has 3 heterocycles. The number of rotatable bonds is 3. The standard InChI is InChI=1S/C16H17ClF3N3O3/c17-11-6-10(16(18,19)20)7-21-13(11)23-4-1-2-12(23)14(24)22-5-3-9(8-22)15(25)26/h6-7,9,12H,1-5,8H2,(H,25,26)/t9-,12-/m1/s1. The van der Waals surface area contributed by atoms with Gasteiger partial charge in [0.1, 0.15) is 11.9 Å². The second kappa shape index (κ2) is 6.94. The van der Waals surface area contributed by atoms with Crippen molar-refractivity contribution < 1.29 is 27.9 Å². The minimum absolute atomic E-state index is 0.143. The molecule has 0 spiro atoms. The molecule has 2 atom stereocenters. The van der Waals surface area contributed by atoms with Crippen LogP contribution in [0.5, 0.6) is 0 Å². The number of pyridine rings is 1. The van der Waals surface area contributed by atoms with Crippen LogP contribution in [0.1, 0.15) is 24.8 Å². The molecule has 1 amide bonds. The average molecular weight is 392 g/mol. The smallest absolute Gasteiger partial charge is 0.417 e. The number of carboxylic acids is 1. The minimum atomic E-state index is -4.54. The fraction of sp³-hybridized carbons (Fsp3) is 0.562. The summed E-state index contributed by atoms with van der Waals surface area (Å²) in [4.78, 5) is 30.8. The lowest BCUT2D eigenvalue weighted by Crippen LogP contribution is -2.45. The molecule has 0 radical (unpaired) electrons. The summed E-state index contributed by atoms with van der Waals surface area (Å²) in [5, 5.41) is 8.91. The van der Waals surface area contributed by atoms with E-state index in [4.69, 9.17) is 16.7 Å². The molecule has 0 bridgehead atoms. The lowest BCUT2D eigenvalue weighted by atomic mass is 10.1. The maximum atomic E-state index is 12.8. The molecule has 6 nitrogen and oxygen atoms in total. The van der Waals surface area contributed by atoms with Gasteiger partial charge in [-0.15, -0.1) is 0 Å². The van der Waals surface area contributed by atoms with Crippen molar-refractivity contribution in [1.29, 1.82) is 0 Å². The molecular weight excluding hydrogens is 375 g/mol. The van der Waals surface area contributed by atoms with E-state index in [9.17, 15) is 22.8 Å². The van der Waals surface area contributed by atoms with E-state index in [0.717, 1.165) is 6.07 Å². The van der Waals surface area contributed by atoms with E-state index in [0.29, 0.717) is 38.5 Å². The van der Waals surface area contributed by atoms with Gasteiger partial charge in [0.25, 0.3) is 0 Å². The monoisotopic (exact) mass is 391 g/mol. The molecule has 1 aromatic rings. The zero-order valence-electron chi connectivity index (χ0n) is 13.7. The van der Waals surface area contributed by atoms with Gasteiger partial charge in [-0.1, -0.05) is 11.6 Å². The summed E-state index contributed by atoms with van der Waals surface area (Å²) < 4.78 is 38.3. The van der Waals surface area contributed by atoms with Crippen LogP contribution >= 0.6 is 11.6 Å². The molecular formula is C16H17ClF3N3O3. The molecule has 1 aromatic heterocycles. The van der Waals surface area contributed by atoms with Crippen LogP contribution in [-0.2, 0) is 15.8 Å². The highest BCUT2D eigenvalue weighted by atomic mass is 35.5. The van der Waals surface area contributed by atoms with E-state index in [1.807, 2.05) is 0 Å². The normalized spacial score (nSPS) is 23.5. The molecule has 26 heavy (non-hydrogen) atoms. The van der Waals surface area contributed by atoms with Gasteiger partial charge in [-0.05, 0) is 25.3 Å². The van der Waals surface area contributed by atoms with Crippen molar-refractivity contribution in [3.63, 3.8) is 0 Å². The summed E-state index contributed by atoms with van der Waals surface area (Å²) >= 11 is 6.00. The topological polar surface area (TPSA) is 73.7 Å². The Labute approximate surface area is 152 Å². The van der Waals surface area contributed by atoms with Crippen molar-refractivity contribution in [2.45, 2.75) is 31.5 Å². The van der Waals surface area contributed by atoms with Crippen molar-refractivity contribution >= 4 is 29.3 Å². The summed E-state index contributed by atoms with van der Waals surface area (Å²) in [5.41, 5.74) is -0.947. The molecule has 0 saturated carbocycles. The third-order valence-corrected chi connectivity index (χ3v) is 5.09. The van der Waals surface area contributed by atoms with E-state index in [-0.39, 0.29) is 23.3 Å². The van der Waals surface area contributed by atoms with Gasteiger partial charge in [-0.2, -0.15) is 13.2 Å². The molecule has 2 aliphatic heterocycles. The van der Waals surface area contributed by atoms with Crippen LogP contribution in [0.3, 0.4) is 0 Å². The van der Waals surface area contributed by atoms with E-state index < -0.39 is 29.7 Å². The molecule has 142 valence electrons. The number of amides is 1. The van der Waals surface area contributed by atoms with Gasteiger partial charge in [0.2, 0.25) is 5.91 Å². The second-order valence-electron chi connectivity index (χ2n) is 6.49. The predicted octanol–water partition coefficient (Wildman–Crippen LogP) is 2.66. The van der Waals surface area contributed by atoms with Gasteiger partial charge in [0.05, 0.1) is 16.5 Å². The SMILES string of the molecule is O=C(O)[C@@H]1CCN(C(=O)[C@H]2CCCN2c2ncc(C(F)(F)F)cc2Cl)C1. The summed E-state index contributed by atoms with van der Waals surface area (Å²) in [6, 6.07) is 0.212. The second-order valence-corrected chi connectivity index (χ2v) is 6.89. The number of nitrogens with zero attached hydrogens (tertiary/aromatic N) is 3. The Morgan fingerprint density at radius 3 is 2.58 bits per heavy atom. The number of carboxylic acid groups (broad SMARTS) is 1. The first-order valence-corrected chi connectivity index (χ1v) is 8.57. The first-order valence-electron chi connectivity index (χ1n) is 8.19. The van der Waals surface area contributed by atoms with Crippen LogP contribution in [0.15, 0.2) is 12.3 Å². The minimum Gasteiger partial charge on any atom is -0.481 e. The van der Waals surface area contributed by atoms with Gasteiger partial charge in [0.15, 0.2) is 0 Å². The number of halogens is 4. The number of aromatic nitrogens is 1. The van der Waals surface area contributed by atoms with E-state index in [1.165, 1.54) is 4.90 Å². The maximum Gasteiger partial charge on any atom is 0.417 e. The van der Waals surface area contributed by atoms with Crippen LogP contribution < -0.4 is 4.90 Å². The zero-order chi connectivity index (χ0) is 19.1. The quantitative estimate of drug-likeness (QED) is 0.857. The van der Waals surface area contributed by atoms with Crippen molar-refractivity contribution in [1.82, 2.24) is 9.88 Å². The molecule has 2 aliphatic rings. The lowest BCUT2D eigenvalue weighted by Gasteiger charge is -2.29. The number of carbonyl (C=O) groups is 2. The third-order valence-electron chi connectivity index (χ3n) is 4.81. The zero-order valence-corrected chi connectivity index (χ0v) is 14.4. The summed E-state index contributed by atoms with van der Waals surface area (Å²) in [7, 11) is 0. The van der Waals surface area contributed by atoms with Crippen LogP contribution in [0.4, 0.5) is 19.0 Å². The molecule has 3 rings (SSSR count). The van der Waals surface area contributed by atoms with Crippen molar-refractivity contribution in [2.24, 2.45) is 5.92 Å². The Bertz CT molecular complexity index is 728. The summed E-state index contributed by atoms with van der Waals surface area (Å²) in [6.45, 7) is 0.950. The first kappa shape index (κ1) is 18.8. The molecule has 10 heteroatoms. The van der Waals surface area contributed by atoms with Gasteiger partial charge in [-0.3, -0.25) is 9.59 Å². The van der Waals surface area contributed by atoms with E-state index >= 15 is 0 Å². The highest BCUT2D eigenvalue weighted by Crippen LogP contribution is 2.36. The van der Waals surface area contributed by atoms with Crippen molar-refractivity contribution in [2.75, 3.05) is 24.5 Å². The van der Waals surface area contributed by atoms with E-state index in [1.54, 1.807) is 4.90 Å². The molecule has 2 saturated heterocycles. The number of likely N-dealkylation sites (tertiary alicyclic amines) is 1. The first-order chi connectivity index (χ1) is 12.2. The van der Waals surface area contributed by atoms with Gasteiger partial charge in [-0.25, -0.2) is 4.98 Å². The number of alkyl halides is 3.